The van der Waals surface area contributed by atoms with Gasteiger partial charge in [0, 0.05) is 13.1 Å². The van der Waals surface area contributed by atoms with Crippen LogP contribution in [0.1, 0.15) is 51.4 Å². The van der Waals surface area contributed by atoms with Gasteiger partial charge in [-0.15, -0.1) is 0 Å². The number of hydrogen-bond acceptors (Lipinski definition) is 3. The molecular formula is C17H34N4O. The molecule has 2 aliphatic rings. The van der Waals surface area contributed by atoms with Gasteiger partial charge in [-0.3, -0.25) is 0 Å². The first kappa shape index (κ1) is 17.5. The minimum atomic E-state index is -0.00251. The normalized spacial score (nSPS) is 20.7. The van der Waals surface area contributed by atoms with Crippen LogP contribution in [0, 0.1) is 0 Å². The molecular weight excluding hydrogens is 276 g/mol. The van der Waals surface area contributed by atoms with Crippen molar-refractivity contribution in [3.8, 4) is 0 Å². The molecule has 0 saturated carbocycles. The third kappa shape index (κ3) is 7.45. The second-order valence-electron chi connectivity index (χ2n) is 6.69. The molecule has 2 heterocycles. The van der Waals surface area contributed by atoms with Gasteiger partial charge in [0.1, 0.15) is 0 Å². The molecule has 0 spiro atoms. The summed E-state index contributed by atoms with van der Waals surface area (Å²) in [5.74, 6) is 0. The summed E-state index contributed by atoms with van der Waals surface area (Å²) in [6.07, 6.45) is 10.2. The van der Waals surface area contributed by atoms with E-state index in [0.29, 0.717) is 0 Å². The second kappa shape index (κ2) is 10.8. The molecule has 0 aliphatic carbocycles. The topological polar surface area (TPSA) is 47.6 Å². The first-order valence-corrected chi connectivity index (χ1v) is 9.31. The van der Waals surface area contributed by atoms with Crippen LogP contribution in [0.25, 0.3) is 0 Å². The molecule has 22 heavy (non-hydrogen) atoms. The van der Waals surface area contributed by atoms with E-state index in [1.54, 1.807) is 0 Å². The van der Waals surface area contributed by atoms with Crippen molar-refractivity contribution < 1.29 is 4.79 Å². The number of rotatable bonds is 8. The molecule has 5 nitrogen and oxygen atoms in total. The van der Waals surface area contributed by atoms with Crippen molar-refractivity contribution in [3.63, 3.8) is 0 Å². The van der Waals surface area contributed by atoms with Gasteiger partial charge in [-0.05, 0) is 77.8 Å². The van der Waals surface area contributed by atoms with Crippen molar-refractivity contribution in [2.45, 2.75) is 51.4 Å². The molecule has 128 valence electrons. The molecule has 0 aromatic carbocycles. The monoisotopic (exact) mass is 310 g/mol. The summed E-state index contributed by atoms with van der Waals surface area (Å²) >= 11 is 0. The van der Waals surface area contributed by atoms with Crippen LogP contribution in [0.4, 0.5) is 4.79 Å². The van der Waals surface area contributed by atoms with Crippen molar-refractivity contribution in [1.29, 1.82) is 0 Å². The predicted octanol–water partition coefficient (Wildman–Crippen LogP) is 2.04. The Labute approximate surface area is 135 Å². The highest BCUT2D eigenvalue weighted by Crippen LogP contribution is 2.09. The molecule has 0 atom stereocenters. The molecule has 0 bridgehead atoms. The fraction of sp³-hybridized carbons (Fsp3) is 0.941. The van der Waals surface area contributed by atoms with Gasteiger partial charge in [0.25, 0.3) is 0 Å². The van der Waals surface area contributed by atoms with Crippen LogP contribution in [0.5, 0.6) is 0 Å². The Morgan fingerprint density at radius 2 is 1.09 bits per heavy atom. The average molecular weight is 310 g/mol. The lowest BCUT2D eigenvalue weighted by atomic mass is 10.1. The lowest BCUT2D eigenvalue weighted by Gasteiger charge is -2.26. The van der Waals surface area contributed by atoms with E-state index in [-0.39, 0.29) is 6.03 Å². The Morgan fingerprint density at radius 3 is 1.50 bits per heavy atom. The third-order valence-corrected chi connectivity index (χ3v) is 4.77. The maximum atomic E-state index is 11.7. The molecule has 0 aromatic heterocycles. The van der Waals surface area contributed by atoms with E-state index in [1.807, 2.05) is 0 Å². The Kier molecular flexibility index (Phi) is 8.64. The first-order chi connectivity index (χ1) is 10.8. The van der Waals surface area contributed by atoms with Crippen molar-refractivity contribution >= 4 is 6.03 Å². The van der Waals surface area contributed by atoms with Crippen molar-refractivity contribution in [2.75, 3.05) is 52.4 Å². The second-order valence-corrected chi connectivity index (χ2v) is 6.69. The maximum absolute atomic E-state index is 11.7. The number of carbonyl (C=O) groups excluding carboxylic acids is 1. The lowest BCUT2D eigenvalue weighted by molar-refractivity contribution is 0.219. The van der Waals surface area contributed by atoms with Gasteiger partial charge in [-0.1, -0.05) is 12.8 Å². The van der Waals surface area contributed by atoms with Crippen LogP contribution >= 0.6 is 0 Å². The molecule has 0 unspecified atom stereocenters. The zero-order chi connectivity index (χ0) is 15.5. The average Bonchev–Trinajstić information content (AvgIpc) is 2.57. The molecule has 0 radical (unpaired) electrons. The fourth-order valence-corrected chi connectivity index (χ4v) is 3.44. The van der Waals surface area contributed by atoms with E-state index < -0.39 is 0 Å². The van der Waals surface area contributed by atoms with E-state index in [1.165, 1.54) is 64.7 Å². The molecule has 2 fully saturated rings. The van der Waals surface area contributed by atoms with Crippen molar-refractivity contribution in [1.82, 2.24) is 20.4 Å². The Balaban J connectivity index is 1.39. The molecule has 2 amide bonds. The Bertz CT molecular complexity index is 271. The molecule has 0 aromatic rings. The summed E-state index contributed by atoms with van der Waals surface area (Å²) in [7, 11) is 0. The fourth-order valence-electron chi connectivity index (χ4n) is 3.44. The van der Waals surface area contributed by atoms with Crippen LogP contribution < -0.4 is 10.6 Å². The highest BCUT2D eigenvalue weighted by Gasteiger charge is 2.10. The highest BCUT2D eigenvalue weighted by atomic mass is 16.2. The van der Waals surface area contributed by atoms with E-state index in [0.717, 1.165) is 39.0 Å². The SMILES string of the molecule is O=C(NCCCN1CCCCC1)NCCCN1CCCCC1. The zero-order valence-corrected chi connectivity index (χ0v) is 14.1. The minimum Gasteiger partial charge on any atom is -0.338 e. The summed E-state index contributed by atoms with van der Waals surface area (Å²) < 4.78 is 0. The Hall–Kier alpha value is -0.810. The largest absolute Gasteiger partial charge is 0.338 e. The summed E-state index contributed by atoms with van der Waals surface area (Å²) in [6.45, 7) is 8.77. The molecule has 2 saturated heterocycles. The van der Waals surface area contributed by atoms with E-state index in [4.69, 9.17) is 0 Å². The number of hydrogen-bond donors (Lipinski definition) is 2. The van der Waals surface area contributed by atoms with Crippen molar-refractivity contribution in [2.24, 2.45) is 0 Å². The number of carbonyl (C=O) groups is 1. The Morgan fingerprint density at radius 1 is 0.682 bits per heavy atom. The van der Waals surface area contributed by atoms with E-state index in [2.05, 4.69) is 20.4 Å². The standard InChI is InChI=1S/C17H34N4O/c22-17(18-9-7-15-20-11-3-1-4-12-20)19-10-8-16-21-13-5-2-6-14-21/h1-16H2,(H2,18,19,22). The summed E-state index contributed by atoms with van der Waals surface area (Å²) in [5.41, 5.74) is 0. The van der Waals surface area contributed by atoms with Crippen LogP contribution in [0.2, 0.25) is 0 Å². The van der Waals surface area contributed by atoms with Gasteiger partial charge in [-0.2, -0.15) is 0 Å². The summed E-state index contributed by atoms with van der Waals surface area (Å²) in [5, 5.41) is 5.94. The number of urea groups is 1. The van der Waals surface area contributed by atoms with Gasteiger partial charge >= 0.3 is 6.03 Å². The molecule has 2 N–H and O–H groups in total. The van der Waals surface area contributed by atoms with Gasteiger partial charge in [0.05, 0.1) is 0 Å². The van der Waals surface area contributed by atoms with Gasteiger partial charge in [-0.25, -0.2) is 4.79 Å². The summed E-state index contributed by atoms with van der Waals surface area (Å²) in [6, 6.07) is -0.00251. The number of amides is 2. The maximum Gasteiger partial charge on any atom is 0.314 e. The minimum absolute atomic E-state index is 0.00251. The zero-order valence-electron chi connectivity index (χ0n) is 14.1. The van der Waals surface area contributed by atoms with E-state index >= 15 is 0 Å². The predicted molar refractivity (Wildman–Crippen MR) is 91.2 cm³/mol. The van der Waals surface area contributed by atoms with Crippen LogP contribution in [-0.4, -0.2) is 68.2 Å². The number of piperidine rings is 2. The smallest absolute Gasteiger partial charge is 0.314 e. The number of nitrogens with one attached hydrogen (secondary N) is 2. The third-order valence-electron chi connectivity index (χ3n) is 4.77. The summed E-state index contributed by atoms with van der Waals surface area (Å²) in [4.78, 5) is 16.7. The van der Waals surface area contributed by atoms with Crippen molar-refractivity contribution in [3.05, 3.63) is 0 Å². The van der Waals surface area contributed by atoms with Crippen LogP contribution in [-0.2, 0) is 0 Å². The van der Waals surface area contributed by atoms with Crippen LogP contribution in [0.3, 0.4) is 0 Å². The quantitative estimate of drug-likeness (QED) is 0.675. The van der Waals surface area contributed by atoms with Gasteiger partial charge in [0.2, 0.25) is 0 Å². The number of likely N-dealkylation sites (tertiary alicyclic amines) is 2. The van der Waals surface area contributed by atoms with E-state index in [9.17, 15) is 4.79 Å². The molecule has 2 aliphatic heterocycles. The first-order valence-electron chi connectivity index (χ1n) is 9.31. The lowest BCUT2D eigenvalue weighted by Crippen LogP contribution is -2.39. The molecule has 2 rings (SSSR count). The van der Waals surface area contributed by atoms with Crippen LogP contribution in [0.15, 0.2) is 0 Å². The highest BCUT2D eigenvalue weighted by molar-refractivity contribution is 5.73. The molecule has 5 heteroatoms. The van der Waals surface area contributed by atoms with Gasteiger partial charge in [0.15, 0.2) is 0 Å². The van der Waals surface area contributed by atoms with Gasteiger partial charge < -0.3 is 20.4 Å². The number of nitrogens with zero attached hydrogens (tertiary/aromatic N) is 2.